The topological polar surface area (TPSA) is 95.5 Å². The maximum absolute atomic E-state index is 12.6. The molecule has 7 heteroatoms. The molecular formula is C11H11FN2O4. The van der Waals surface area contributed by atoms with Crippen LogP contribution in [0.2, 0.25) is 0 Å². The number of anilines is 1. The van der Waals surface area contributed by atoms with Gasteiger partial charge in [-0.1, -0.05) is 0 Å². The maximum Gasteiger partial charge on any atom is 0.325 e. The van der Waals surface area contributed by atoms with Crippen LogP contribution in [0.1, 0.15) is 12.8 Å². The van der Waals surface area contributed by atoms with E-state index in [0.29, 0.717) is 5.69 Å². The number of aliphatic carboxylic acids is 1. The Hall–Kier alpha value is -2.44. The summed E-state index contributed by atoms with van der Waals surface area (Å²) in [5.41, 5.74) is 0.319. The van der Waals surface area contributed by atoms with Gasteiger partial charge in [0.1, 0.15) is 5.82 Å². The lowest BCUT2D eigenvalue weighted by molar-refractivity contribution is -0.138. The van der Waals surface area contributed by atoms with Gasteiger partial charge in [0, 0.05) is 12.1 Å². The van der Waals surface area contributed by atoms with Gasteiger partial charge in [0.2, 0.25) is 5.91 Å². The van der Waals surface area contributed by atoms with Crippen LogP contribution in [-0.2, 0) is 9.59 Å². The number of hydrogen-bond acceptors (Lipinski definition) is 3. The van der Waals surface area contributed by atoms with E-state index in [9.17, 15) is 18.8 Å². The Balaban J connectivity index is 2.39. The van der Waals surface area contributed by atoms with Crippen molar-refractivity contribution in [2.45, 2.75) is 12.8 Å². The number of nitrogens with one attached hydrogen (secondary N) is 2. The zero-order valence-electron chi connectivity index (χ0n) is 9.27. The summed E-state index contributed by atoms with van der Waals surface area (Å²) >= 11 is 0. The van der Waals surface area contributed by atoms with Gasteiger partial charge in [0.25, 0.3) is 0 Å². The summed E-state index contributed by atoms with van der Waals surface area (Å²) < 4.78 is 12.6. The quantitative estimate of drug-likeness (QED) is 0.755. The Labute approximate surface area is 102 Å². The number of rotatable bonds is 4. The highest BCUT2D eigenvalue weighted by Gasteiger charge is 2.09. The minimum atomic E-state index is -1.12. The van der Waals surface area contributed by atoms with Gasteiger partial charge in [-0.15, -0.1) is 0 Å². The van der Waals surface area contributed by atoms with Crippen LogP contribution in [0.25, 0.3) is 0 Å². The lowest BCUT2D eigenvalue weighted by atomic mass is 10.3. The molecule has 0 aliphatic rings. The molecule has 0 fully saturated rings. The molecule has 1 aromatic carbocycles. The van der Waals surface area contributed by atoms with E-state index in [-0.39, 0.29) is 12.8 Å². The van der Waals surface area contributed by atoms with Crippen LogP contribution in [0, 0.1) is 5.82 Å². The van der Waals surface area contributed by atoms with Gasteiger partial charge in [-0.2, -0.15) is 0 Å². The second kappa shape index (κ2) is 6.33. The van der Waals surface area contributed by atoms with Crippen molar-refractivity contribution in [3.63, 3.8) is 0 Å². The molecule has 0 saturated carbocycles. The number of hydrogen-bond donors (Lipinski definition) is 3. The van der Waals surface area contributed by atoms with Crippen LogP contribution in [0.4, 0.5) is 14.9 Å². The Morgan fingerprint density at radius 3 is 2.28 bits per heavy atom. The summed E-state index contributed by atoms with van der Waals surface area (Å²) in [6.07, 6.45) is -0.637. The molecule has 1 aromatic rings. The normalized spacial score (nSPS) is 9.61. The van der Waals surface area contributed by atoms with Crippen molar-refractivity contribution in [3.05, 3.63) is 30.1 Å². The van der Waals surface area contributed by atoms with Gasteiger partial charge in [0.05, 0.1) is 6.42 Å². The van der Waals surface area contributed by atoms with E-state index in [1.807, 2.05) is 5.32 Å². The van der Waals surface area contributed by atoms with Crippen LogP contribution in [0.15, 0.2) is 24.3 Å². The third kappa shape index (κ3) is 5.06. The number of imide groups is 1. The van der Waals surface area contributed by atoms with Crippen molar-refractivity contribution >= 4 is 23.6 Å². The predicted octanol–water partition coefficient (Wildman–Crippen LogP) is 1.34. The third-order valence-corrected chi connectivity index (χ3v) is 1.92. The van der Waals surface area contributed by atoms with Crippen molar-refractivity contribution < 1.29 is 23.9 Å². The average Bonchev–Trinajstić information content (AvgIpc) is 2.29. The summed E-state index contributed by atoms with van der Waals surface area (Å²) in [5, 5.41) is 12.6. The number of carbonyl (C=O) groups excluding carboxylic acids is 2. The summed E-state index contributed by atoms with van der Waals surface area (Å²) in [4.78, 5) is 32.6. The van der Waals surface area contributed by atoms with Crippen molar-refractivity contribution in [1.82, 2.24) is 5.32 Å². The maximum atomic E-state index is 12.6. The van der Waals surface area contributed by atoms with Crippen molar-refractivity contribution in [2.75, 3.05) is 5.32 Å². The molecule has 3 N–H and O–H groups in total. The monoisotopic (exact) mass is 254 g/mol. The van der Waals surface area contributed by atoms with E-state index in [1.54, 1.807) is 0 Å². The molecule has 0 aliphatic heterocycles. The first-order valence-electron chi connectivity index (χ1n) is 5.05. The van der Waals surface area contributed by atoms with Crippen LogP contribution in [0.3, 0.4) is 0 Å². The number of carbonyl (C=O) groups is 3. The van der Waals surface area contributed by atoms with E-state index in [4.69, 9.17) is 5.11 Å². The molecule has 1 rings (SSSR count). The van der Waals surface area contributed by atoms with Crippen LogP contribution in [-0.4, -0.2) is 23.0 Å². The highest BCUT2D eigenvalue weighted by atomic mass is 19.1. The SMILES string of the molecule is O=C(O)CCC(=O)NC(=O)Nc1ccc(F)cc1. The van der Waals surface area contributed by atoms with E-state index in [1.165, 1.54) is 12.1 Å². The smallest absolute Gasteiger partial charge is 0.325 e. The molecule has 0 unspecified atom stereocenters. The van der Waals surface area contributed by atoms with Gasteiger partial charge >= 0.3 is 12.0 Å². The zero-order valence-corrected chi connectivity index (χ0v) is 9.27. The minimum Gasteiger partial charge on any atom is -0.481 e. The van der Waals surface area contributed by atoms with Crippen molar-refractivity contribution in [3.8, 4) is 0 Å². The molecule has 0 radical (unpaired) electrons. The fourth-order valence-corrected chi connectivity index (χ4v) is 1.11. The highest BCUT2D eigenvalue weighted by molar-refractivity contribution is 6.01. The third-order valence-electron chi connectivity index (χ3n) is 1.92. The lowest BCUT2D eigenvalue weighted by Gasteiger charge is -2.05. The summed E-state index contributed by atoms with van der Waals surface area (Å²) in [6, 6.07) is 4.17. The fraction of sp³-hybridized carbons (Fsp3) is 0.182. The Morgan fingerprint density at radius 2 is 1.72 bits per heavy atom. The van der Waals surface area contributed by atoms with Gasteiger partial charge < -0.3 is 10.4 Å². The first-order chi connectivity index (χ1) is 8.47. The second-order valence-corrected chi connectivity index (χ2v) is 3.40. The van der Waals surface area contributed by atoms with Gasteiger partial charge in [-0.25, -0.2) is 9.18 Å². The van der Waals surface area contributed by atoms with Crippen molar-refractivity contribution in [2.24, 2.45) is 0 Å². The Bertz CT molecular complexity index is 459. The van der Waals surface area contributed by atoms with Gasteiger partial charge in [-0.3, -0.25) is 14.9 Å². The summed E-state index contributed by atoms with van der Waals surface area (Å²) in [5.74, 6) is -2.26. The molecule has 96 valence electrons. The van der Waals surface area contributed by atoms with E-state index >= 15 is 0 Å². The van der Waals surface area contributed by atoms with Crippen LogP contribution in [0.5, 0.6) is 0 Å². The van der Waals surface area contributed by atoms with Crippen LogP contribution >= 0.6 is 0 Å². The lowest BCUT2D eigenvalue weighted by Crippen LogP contribution is -2.34. The molecule has 0 aliphatic carbocycles. The average molecular weight is 254 g/mol. The zero-order chi connectivity index (χ0) is 13.5. The number of halogens is 1. The molecule has 0 atom stereocenters. The summed E-state index contributed by atoms with van der Waals surface area (Å²) in [7, 11) is 0. The van der Waals surface area contributed by atoms with E-state index < -0.39 is 23.7 Å². The fourth-order valence-electron chi connectivity index (χ4n) is 1.11. The van der Waals surface area contributed by atoms with Crippen LogP contribution < -0.4 is 10.6 Å². The first kappa shape index (κ1) is 13.6. The number of urea groups is 1. The molecule has 0 heterocycles. The number of amides is 3. The molecule has 3 amide bonds. The first-order valence-corrected chi connectivity index (χ1v) is 5.05. The Morgan fingerprint density at radius 1 is 1.11 bits per heavy atom. The number of carboxylic acid groups (broad SMARTS) is 1. The van der Waals surface area contributed by atoms with Gasteiger partial charge in [-0.05, 0) is 24.3 Å². The molecule has 6 nitrogen and oxygen atoms in total. The van der Waals surface area contributed by atoms with E-state index in [2.05, 4.69) is 5.32 Å². The van der Waals surface area contributed by atoms with Crippen molar-refractivity contribution in [1.29, 1.82) is 0 Å². The number of carboxylic acids is 1. The molecule has 18 heavy (non-hydrogen) atoms. The highest BCUT2D eigenvalue weighted by Crippen LogP contribution is 2.07. The molecule has 0 saturated heterocycles. The molecule has 0 spiro atoms. The minimum absolute atomic E-state index is 0.286. The standard InChI is InChI=1S/C11H11FN2O4/c12-7-1-3-8(4-2-7)13-11(18)14-9(15)5-6-10(16)17/h1-4H,5-6H2,(H,16,17)(H2,13,14,15,18). The molecule has 0 aromatic heterocycles. The molecule has 0 bridgehead atoms. The second-order valence-electron chi connectivity index (χ2n) is 3.40. The predicted molar refractivity (Wildman–Crippen MR) is 60.4 cm³/mol. The largest absolute Gasteiger partial charge is 0.481 e. The summed E-state index contributed by atoms with van der Waals surface area (Å²) in [6.45, 7) is 0. The molecular weight excluding hydrogens is 243 g/mol. The number of benzene rings is 1. The van der Waals surface area contributed by atoms with Gasteiger partial charge in [0.15, 0.2) is 0 Å². The Kier molecular flexibility index (Phi) is 4.79. The van der Waals surface area contributed by atoms with E-state index in [0.717, 1.165) is 12.1 Å².